The molecule has 1 heterocycles. The summed E-state index contributed by atoms with van der Waals surface area (Å²) in [5.41, 5.74) is 2.38. The van der Waals surface area contributed by atoms with Crippen molar-refractivity contribution in [3.63, 3.8) is 0 Å². The van der Waals surface area contributed by atoms with Gasteiger partial charge in [-0.15, -0.1) is 0 Å². The molecular weight excluding hydrogens is 244 g/mol. The predicted molar refractivity (Wildman–Crippen MR) is 76.4 cm³/mol. The van der Waals surface area contributed by atoms with E-state index in [2.05, 4.69) is 42.3 Å². The zero-order valence-electron chi connectivity index (χ0n) is 10.8. The molecule has 1 aliphatic rings. The minimum absolute atomic E-state index is 0.448. The van der Waals surface area contributed by atoms with Crippen molar-refractivity contribution in [1.82, 2.24) is 4.98 Å². The number of para-hydroxylation sites is 1. The number of thiazole rings is 1. The highest BCUT2D eigenvalue weighted by Crippen LogP contribution is 2.32. The first-order valence-electron chi connectivity index (χ1n) is 6.50. The van der Waals surface area contributed by atoms with Gasteiger partial charge in [-0.3, -0.25) is 0 Å². The van der Waals surface area contributed by atoms with Gasteiger partial charge in [-0.25, -0.2) is 4.98 Å². The lowest BCUT2D eigenvalue weighted by Gasteiger charge is -2.35. The lowest BCUT2D eigenvalue weighted by molar-refractivity contribution is 0.00299. The summed E-state index contributed by atoms with van der Waals surface area (Å²) in [6, 6.07) is 6.87. The number of benzene rings is 1. The minimum atomic E-state index is 0.448. The monoisotopic (exact) mass is 262 g/mol. The minimum Gasteiger partial charge on any atom is -0.378 e. The summed E-state index contributed by atoms with van der Waals surface area (Å²) in [6.07, 6.45) is 2.65. The van der Waals surface area contributed by atoms with E-state index in [9.17, 15) is 0 Å². The van der Waals surface area contributed by atoms with Gasteiger partial charge in [-0.1, -0.05) is 23.5 Å². The molecule has 0 saturated heterocycles. The van der Waals surface area contributed by atoms with E-state index in [0.717, 1.165) is 30.1 Å². The first kappa shape index (κ1) is 11.9. The van der Waals surface area contributed by atoms with Gasteiger partial charge in [0, 0.05) is 12.6 Å². The first-order valence-corrected chi connectivity index (χ1v) is 7.32. The molecule has 3 nitrogen and oxygen atoms in total. The van der Waals surface area contributed by atoms with E-state index in [1.807, 2.05) is 0 Å². The van der Waals surface area contributed by atoms with Crippen LogP contribution in [-0.2, 0) is 4.74 Å². The van der Waals surface area contributed by atoms with Gasteiger partial charge >= 0.3 is 0 Å². The van der Waals surface area contributed by atoms with Crippen LogP contribution in [0.2, 0.25) is 0 Å². The van der Waals surface area contributed by atoms with Crippen molar-refractivity contribution >= 4 is 26.7 Å². The van der Waals surface area contributed by atoms with Crippen molar-refractivity contribution in [2.24, 2.45) is 0 Å². The van der Waals surface area contributed by atoms with Crippen molar-refractivity contribution in [1.29, 1.82) is 0 Å². The fourth-order valence-electron chi connectivity index (χ4n) is 2.38. The smallest absolute Gasteiger partial charge is 0.184 e. The number of ether oxygens (including phenoxy) is 1. The van der Waals surface area contributed by atoms with Crippen LogP contribution >= 0.6 is 11.3 Å². The summed E-state index contributed by atoms with van der Waals surface area (Å²) in [6.45, 7) is 4.98. The van der Waals surface area contributed by atoms with Crippen LogP contribution in [-0.4, -0.2) is 23.7 Å². The Labute approximate surface area is 111 Å². The molecule has 1 N–H and O–H groups in total. The Morgan fingerprint density at radius 2 is 2.28 bits per heavy atom. The first-order chi connectivity index (χ1) is 8.76. The summed E-state index contributed by atoms with van der Waals surface area (Å²) >= 11 is 1.74. The molecule has 4 heteroatoms. The van der Waals surface area contributed by atoms with Crippen molar-refractivity contribution in [3.05, 3.63) is 23.8 Å². The van der Waals surface area contributed by atoms with Gasteiger partial charge in [-0.2, -0.15) is 0 Å². The standard InChI is InChI=1S/C14H18N2OS/c1-3-17-11-7-10(8-11)15-14-16-13-9(2)5-4-6-12(13)18-14/h4-6,10-11H,3,7-8H2,1-2H3,(H,15,16). The Kier molecular flexibility index (Phi) is 3.22. The van der Waals surface area contributed by atoms with E-state index < -0.39 is 0 Å². The predicted octanol–water partition coefficient (Wildman–Crippen LogP) is 3.58. The molecule has 0 spiro atoms. The quantitative estimate of drug-likeness (QED) is 0.914. The number of hydrogen-bond acceptors (Lipinski definition) is 4. The van der Waals surface area contributed by atoms with Crippen molar-refractivity contribution in [2.75, 3.05) is 11.9 Å². The van der Waals surface area contributed by atoms with E-state index in [0.29, 0.717) is 12.1 Å². The fourth-order valence-corrected chi connectivity index (χ4v) is 3.40. The van der Waals surface area contributed by atoms with Crippen molar-refractivity contribution in [2.45, 2.75) is 38.8 Å². The molecule has 18 heavy (non-hydrogen) atoms. The van der Waals surface area contributed by atoms with Crippen LogP contribution in [0, 0.1) is 6.92 Å². The Bertz CT molecular complexity index is 546. The number of anilines is 1. The Morgan fingerprint density at radius 3 is 3.00 bits per heavy atom. The molecule has 1 aromatic heterocycles. The molecular formula is C14H18N2OS. The lowest BCUT2D eigenvalue weighted by atomic mass is 9.89. The van der Waals surface area contributed by atoms with Gasteiger partial charge in [-0.05, 0) is 38.3 Å². The van der Waals surface area contributed by atoms with E-state index in [4.69, 9.17) is 4.74 Å². The Morgan fingerprint density at radius 1 is 1.44 bits per heavy atom. The maximum absolute atomic E-state index is 5.57. The highest BCUT2D eigenvalue weighted by molar-refractivity contribution is 7.22. The van der Waals surface area contributed by atoms with Crippen LogP contribution in [0.25, 0.3) is 10.2 Å². The summed E-state index contributed by atoms with van der Waals surface area (Å²) in [7, 11) is 0. The highest BCUT2D eigenvalue weighted by Gasteiger charge is 2.29. The number of aryl methyl sites for hydroxylation is 1. The van der Waals surface area contributed by atoms with E-state index >= 15 is 0 Å². The Balaban J connectivity index is 1.67. The average molecular weight is 262 g/mol. The van der Waals surface area contributed by atoms with Crippen molar-refractivity contribution < 1.29 is 4.74 Å². The number of fused-ring (bicyclic) bond motifs is 1. The van der Waals surface area contributed by atoms with Crippen LogP contribution in [0.4, 0.5) is 5.13 Å². The lowest BCUT2D eigenvalue weighted by Crippen LogP contribution is -2.40. The third-order valence-electron chi connectivity index (χ3n) is 3.45. The summed E-state index contributed by atoms with van der Waals surface area (Å²) in [5.74, 6) is 0. The molecule has 96 valence electrons. The summed E-state index contributed by atoms with van der Waals surface area (Å²) in [5, 5.41) is 4.55. The SMILES string of the molecule is CCOC1CC(Nc2nc3c(C)cccc3s2)C1. The number of rotatable bonds is 4. The molecule has 3 rings (SSSR count). The van der Waals surface area contributed by atoms with Crippen LogP contribution in [0.1, 0.15) is 25.3 Å². The van der Waals surface area contributed by atoms with Gasteiger partial charge in [0.15, 0.2) is 5.13 Å². The summed E-state index contributed by atoms with van der Waals surface area (Å²) < 4.78 is 6.83. The molecule has 0 unspecified atom stereocenters. The van der Waals surface area contributed by atoms with E-state index in [1.165, 1.54) is 10.3 Å². The number of hydrogen-bond donors (Lipinski definition) is 1. The van der Waals surface area contributed by atoms with Gasteiger partial charge in [0.25, 0.3) is 0 Å². The fraction of sp³-hybridized carbons (Fsp3) is 0.500. The third-order valence-corrected chi connectivity index (χ3v) is 4.40. The van der Waals surface area contributed by atoms with Crippen LogP contribution in [0.15, 0.2) is 18.2 Å². The second-order valence-electron chi connectivity index (χ2n) is 4.83. The average Bonchev–Trinajstić information content (AvgIpc) is 2.71. The van der Waals surface area contributed by atoms with Gasteiger partial charge in [0.05, 0.1) is 16.3 Å². The number of nitrogens with zero attached hydrogens (tertiary/aromatic N) is 1. The Hall–Kier alpha value is -1.13. The van der Waals surface area contributed by atoms with E-state index in [1.54, 1.807) is 11.3 Å². The maximum Gasteiger partial charge on any atom is 0.184 e. The van der Waals surface area contributed by atoms with Crippen LogP contribution < -0.4 is 5.32 Å². The second-order valence-corrected chi connectivity index (χ2v) is 5.86. The molecule has 0 bridgehead atoms. The molecule has 1 saturated carbocycles. The molecule has 0 atom stereocenters. The maximum atomic E-state index is 5.57. The molecule has 1 aromatic carbocycles. The molecule has 0 amide bonds. The van der Waals surface area contributed by atoms with Gasteiger partial charge < -0.3 is 10.1 Å². The van der Waals surface area contributed by atoms with Gasteiger partial charge in [0.2, 0.25) is 0 Å². The third kappa shape index (κ3) is 2.22. The second kappa shape index (κ2) is 4.86. The zero-order chi connectivity index (χ0) is 12.5. The van der Waals surface area contributed by atoms with E-state index in [-0.39, 0.29) is 0 Å². The number of aromatic nitrogens is 1. The largest absolute Gasteiger partial charge is 0.378 e. The zero-order valence-corrected chi connectivity index (χ0v) is 11.6. The van der Waals surface area contributed by atoms with Crippen LogP contribution in [0.3, 0.4) is 0 Å². The van der Waals surface area contributed by atoms with Crippen LogP contribution in [0.5, 0.6) is 0 Å². The van der Waals surface area contributed by atoms with Gasteiger partial charge in [0.1, 0.15) is 0 Å². The molecule has 2 aromatic rings. The summed E-state index contributed by atoms with van der Waals surface area (Å²) in [4.78, 5) is 4.67. The normalized spacial score (nSPS) is 23.0. The topological polar surface area (TPSA) is 34.1 Å². The molecule has 0 radical (unpaired) electrons. The molecule has 1 aliphatic carbocycles. The van der Waals surface area contributed by atoms with Crippen molar-refractivity contribution in [3.8, 4) is 0 Å². The molecule has 1 fully saturated rings. The highest BCUT2D eigenvalue weighted by atomic mass is 32.1. The molecule has 0 aliphatic heterocycles. The number of nitrogens with one attached hydrogen (secondary N) is 1.